The lowest BCUT2D eigenvalue weighted by Gasteiger charge is -2.05. The maximum absolute atomic E-state index is 8.87. The summed E-state index contributed by atoms with van der Waals surface area (Å²) in [6.45, 7) is 0.370. The van der Waals surface area contributed by atoms with Crippen LogP contribution in [0.15, 0.2) is 0 Å². The molecule has 2 heteroatoms. The Labute approximate surface area is 61.4 Å². The van der Waals surface area contributed by atoms with Gasteiger partial charge in [-0.15, -0.1) is 0 Å². The quantitative estimate of drug-likeness (QED) is 0.558. The third kappa shape index (κ3) is 0.789. The Morgan fingerprint density at radius 1 is 1.50 bits per heavy atom. The fourth-order valence-corrected chi connectivity index (χ4v) is 2.33. The van der Waals surface area contributed by atoms with Crippen molar-refractivity contribution in [1.29, 1.82) is 0 Å². The summed E-state index contributed by atoms with van der Waals surface area (Å²) in [5, 5.41) is 8.87. The molecule has 2 aliphatic rings. The van der Waals surface area contributed by atoms with Gasteiger partial charge in [0.15, 0.2) is 0 Å². The monoisotopic (exact) mass is 141 g/mol. The zero-order valence-electron chi connectivity index (χ0n) is 6.21. The third-order valence-corrected chi connectivity index (χ3v) is 3.26. The lowest BCUT2D eigenvalue weighted by molar-refractivity contribution is 0.224. The van der Waals surface area contributed by atoms with Crippen LogP contribution in [0.5, 0.6) is 0 Å². The minimum atomic E-state index is 0.370. The molecule has 2 saturated carbocycles. The van der Waals surface area contributed by atoms with E-state index in [9.17, 15) is 0 Å². The summed E-state index contributed by atoms with van der Waals surface area (Å²) in [4.78, 5) is 0. The topological polar surface area (TPSA) is 46.2 Å². The van der Waals surface area contributed by atoms with Gasteiger partial charge in [-0.2, -0.15) is 0 Å². The van der Waals surface area contributed by atoms with Crippen molar-refractivity contribution in [1.82, 2.24) is 0 Å². The van der Waals surface area contributed by atoms with Gasteiger partial charge in [-0.05, 0) is 37.0 Å². The molecule has 0 saturated heterocycles. The molecule has 3 N–H and O–H groups in total. The van der Waals surface area contributed by atoms with Crippen molar-refractivity contribution < 1.29 is 5.11 Å². The molecule has 0 radical (unpaired) electrons. The number of rotatable bonds is 1. The Morgan fingerprint density at radius 3 is 2.50 bits per heavy atom. The Hall–Kier alpha value is -0.0800. The van der Waals surface area contributed by atoms with Crippen LogP contribution in [0.4, 0.5) is 0 Å². The van der Waals surface area contributed by atoms with Crippen molar-refractivity contribution in [2.75, 3.05) is 6.61 Å². The summed E-state index contributed by atoms with van der Waals surface area (Å²) in [5.74, 6) is 0.563. The average molecular weight is 141 g/mol. The van der Waals surface area contributed by atoms with Gasteiger partial charge < -0.3 is 10.8 Å². The van der Waals surface area contributed by atoms with E-state index < -0.39 is 0 Å². The predicted octanol–water partition coefficient (Wildman–Crippen LogP) is 0.496. The van der Waals surface area contributed by atoms with Gasteiger partial charge in [0.2, 0.25) is 0 Å². The molecule has 2 fully saturated rings. The highest BCUT2D eigenvalue weighted by Crippen LogP contribution is 2.58. The number of hydrogen-bond acceptors (Lipinski definition) is 2. The van der Waals surface area contributed by atoms with Crippen LogP contribution in [0.3, 0.4) is 0 Å². The van der Waals surface area contributed by atoms with E-state index in [1.54, 1.807) is 0 Å². The summed E-state index contributed by atoms with van der Waals surface area (Å²) in [6, 6.07) is 0.462. The average Bonchev–Trinajstić information content (AvgIpc) is 2.43. The molecule has 0 aromatic heterocycles. The predicted molar refractivity (Wildman–Crippen MR) is 39.5 cm³/mol. The van der Waals surface area contributed by atoms with Gasteiger partial charge in [-0.3, -0.25) is 0 Å². The van der Waals surface area contributed by atoms with Crippen molar-refractivity contribution in [2.45, 2.75) is 31.7 Å². The van der Waals surface area contributed by atoms with Crippen LogP contribution < -0.4 is 5.73 Å². The van der Waals surface area contributed by atoms with Crippen LogP contribution >= 0.6 is 0 Å². The zero-order valence-corrected chi connectivity index (χ0v) is 6.21. The summed E-state index contributed by atoms with van der Waals surface area (Å²) < 4.78 is 0. The molecule has 2 rings (SSSR count). The molecular weight excluding hydrogens is 126 g/mol. The SMILES string of the molecule is NC1CC12CCC(CO)C2. The molecule has 0 bridgehead atoms. The van der Waals surface area contributed by atoms with Gasteiger partial charge in [0.05, 0.1) is 0 Å². The van der Waals surface area contributed by atoms with Crippen molar-refractivity contribution >= 4 is 0 Å². The minimum absolute atomic E-state index is 0.370. The van der Waals surface area contributed by atoms with E-state index in [0.717, 1.165) is 0 Å². The summed E-state index contributed by atoms with van der Waals surface area (Å²) >= 11 is 0. The molecule has 0 amide bonds. The number of nitrogens with two attached hydrogens (primary N) is 1. The fraction of sp³-hybridized carbons (Fsp3) is 1.00. The molecule has 0 aromatic rings. The first-order chi connectivity index (χ1) is 4.77. The molecule has 3 atom stereocenters. The smallest absolute Gasteiger partial charge is 0.0459 e. The van der Waals surface area contributed by atoms with E-state index >= 15 is 0 Å². The second kappa shape index (κ2) is 1.95. The second-order valence-corrected chi connectivity index (χ2v) is 3.96. The lowest BCUT2D eigenvalue weighted by Crippen LogP contribution is -2.11. The molecule has 10 heavy (non-hydrogen) atoms. The highest BCUT2D eigenvalue weighted by molar-refractivity contribution is 5.09. The highest BCUT2D eigenvalue weighted by atomic mass is 16.3. The summed E-state index contributed by atoms with van der Waals surface area (Å²) in [5.41, 5.74) is 6.29. The highest BCUT2D eigenvalue weighted by Gasteiger charge is 2.55. The van der Waals surface area contributed by atoms with Gasteiger partial charge in [0.25, 0.3) is 0 Å². The van der Waals surface area contributed by atoms with E-state index in [0.29, 0.717) is 24.0 Å². The summed E-state index contributed by atoms with van der Waals surface area (Å²) in [7, 11) is 0. The van der Waals surface area contributed by atoms with Gasteiger partial charge >= 0.3 is 0 Å². The van der Waals surface area contributed by atoms with E-state index in [1.165, 1.54) is 25.7 Å². The Bertz CT molecular complexity index is 148. The first-order valence-electron chi connectivity index (χ1n) is 4.13. The first kappa shape index (κ1) is 6.62. The van der Waals surface area contributed by atoms with Crippen LogP contribution in [0.25, 0.3) is 0 Å². The van der Waals surface area contributed by atoms with Crippen LogP contribution in [0.1, 0.15) is 25.7 Å². The summed E-state index contributed by atoms with van der Waals surface area (Å²) in [6.07, 6.45) is 4.86. The molecule has 3 unspecified atom stereocenters. The van der Waals surface area contributed by atoms with E-state index in [-0.39, 0.29) is 0 Å². The number of hydrogen-bond donors (Lipinski definition) is 2. The zero-order chi connectivity index (χ0) is 7.19. The maximum atomic E-state index is 8.87. The largest absolute Gasteiger partial charge is 0.396 e. The first-order valence-corrected chi connectivity index (χ1v) is 4.13. The van der Waals surface area contributed by atoms with Crippen LogP contribution in [0, 0.1) is 11.3 Å². The minimum Gasteiger partial charge on any atom is -0.396 e. The molecule has 58 valence electrons. The molecule has 0 aliphatic heterocycles. The molecule has 2 aliphatic carbocycles. The van der Waals surface area contributed by atoms with Gasteiger partial charge in [-0.25, -0.2) is 0 Å². The maximum Gasteiger partial charge on any atom is 0.0459 e. The van der Waals surface area contributed by atoms with Gasteiger partial charge in [-0.1, -0.05) is 0 Å². The fourth-order valence-electron chi connectivity index (χ4n) is 2.33. The second-order valence-electron chi connectivity index (χ2n) is 3.96. The van der Waals surface area contributed by atoms with Crippen molar-refractivity contribution in [3.8, 4) is 0 Å². The van der Waals surface area contributed by atoms with Crippen molar-refractivity contribution in [3.63, 3.8) is 0 Å². The van der Waals surface area contributed by atoms with Gasteiger partial charge in [0, 0.05) is 12.6 Å². The molecular formula is C8H15NO. The molecule has 1 spiro atoms. The van der Waals surface area contributed by atoms with E-state index in [4.69, 9.17) is 10.8 Å². The van der Waals surface area contributed by atoms with Gasteiger partial charge in [0.1, 0.15) is 0 Å². The Balaban J connectivity index is 1.95. The van der Waals surface area contributed by atoms with E-state index in [1.807, 2.05) is 0 Å². The molecule has 0 heterocycles. The Kier molecular flexibility index (Phi) is 1.29. The lowest BCUT2D eigenvalue weighted by atomic mass is 10.0. The van der Waals surface area contributed by atoms with Crippen LogP contribution in [-0.2, 0) is 0 Å². The third-order valence-electron chi connectivity index (χ3n) is 3.26. The Morgan fingerprint density at radius 2 is 2.20 bits per heavy atom. The molecule has 2 nitrogen and oxygen atoms in total. The molecule has 0 aromatic carbocycles. The standard InChI is InChI=1S/C8H15NO/c9-7-4-8(7)2-1-6(3-8)5-10/h6-7,10H,1-5,9H2. The number of aliphatic hydroxyl groups excluding tert-OH is 1. The van der Waals surface area contributed by atoms with Crippen molar-refractivity contribution in [2.24, 2.45) is 17.1 Å². The number of aliphatic hydroxyl groups is 1. The van der Waals surface area contributed by atoms with Crippen LogP contribution in [0.2, 0.25) is 0 Å². The van der Waals surface area contributed by atoms with E-state index in [2.05, 4.69) is 0 Å². The normalized spacial score (nSPS) is 52.2. The van der Waals surface area contributed by atoms with Crippen LogP contribution in [-0.4, -0.2) is 17.8 Å². The van der Waals surface area contributed by atoms with Crippen molar-refractivity contribution in [3.05, 3.63) is 0 Å².